The molecule has 15 heavy (non-hydrogen) atoms. The molecule has 0 nitrogen and oxygen atoms in total. The quantitative estimate of drug-likeness (QED) is 0.514. The fourth-order valence-corrected chi connectivity index (χ4v) is 1.58. The molecule has 2 unspecified atom stereocenters. The molecule has 2 atom stereocenters. The highest BCUT2D eigenvalue weighted by Crippen LogP contribution is 2.24. The molecule has 0 aliphatic rings. The van der Waals surface area contributed by atoms with Crippen molar-refractivity contribution in [2.45, 2.75) is 47.5 Å². The van der Waals surface area contributed by atoms with Crippen molar-refractivity contribution in [1.82, 2.24) is 0 Å². The van der Waals surface area contributed by atoms with E-state index in [0.29, 0.717) is 5.92 Å². The summed E-state index contributed by atoms with van der Waals surface area (Å²) in [4.78, 5) is 0. The maximum atomic E-state index is 3.83. The highest BCUT2D eigenvalue weighted by Gasteiger charge is 2.12. The molecule has 0 heterocycles. The zero-order chi connectivity index (χ0) is 12.3. The highest BCUT2D eigenvalue weighted by molar-refractivity contribution is 5.23. The summed E-state index contributed by atoms with van der Waals surface area (Å²) in [5.74, 6) is 1.32. The van der Waals surface area contributed by atoms with Crippen molar-refractivity contribution in [3.63, 3.8) is 0 Å². The molecule has 0 amide bonds. The molecule has 0 saturated carbocycles. The first-order valence-electron chi connectivity index (χ1n) is 6.12. The Balaban J connectivity index is 0. The molecule has 0 heteroatoms. The highest BCUT2D eigenvalue weighted by atomic mass is 14.2. The van der Waals surface area contributed by atoms with Crippen molar-refractivity contribution >= 4 is 0 Å². The molecule has 0 aliphatic heterocycles. The van der Waals surface area contributed by atoms with Gasteiger partial charge in [-0.2, -0.15) is 0 Å². The smallest absolute Gasteiger partial charge is 0.0165 e. The molecule has 0 aromatic rings. The first-order valence-corrected chi connectivity index (χ1v) is 6.12. The Morgan fingerprint density at radius 3 is 2.07 bits per heavy atom. The molecule has 0 spiro atoms. The first-order chi connectivity index (χ1) is 7.17. The Hall–Kier alpha value is -0.780. The lowest BCUT2D eigenvalue weighted by atomic mass is 9.85. The van der Waals surface area contributed by atoms with Gasteiger partial charge in [-0.15, -0.1) is 0 Å². The van der Waals surface area contributed by atoms with Gasteiger partial charge in [-0.05, 0) is 17.4 Å². The number of rotatable bonds is 6. The van der Waals surface area contributed by atoms with E-state index in [-0.39, 0.29) is 0 Å². The second kappa shape index (κ2) is 11.3. The van der Waals surface area contributed by atoms with Crippen molar-refractivity contribution in [1.29, 1.82) is 0 Å². The van der Waals surface area contributed by atoms with Gasteiger partial charge in [-0.3, -0.25) is 0 Å². The summed E-state index contributed by atoms with van der Waals surface area (Å²) in [7, 11) is 0. The summed E-state index contributed by atoms with van der Waals surface area (Å²) in [5, 5.41) is 0. The van der Waals surface area contributed by atoms with E-state index < -0.39 is 0 Å². The van der Waals surface area contributed by atoms with Crippen LogP contribution in [0.1, 0.15) is 47.5 Å². The predicted octanol–water partition coefficient (Wildman–Crippen LogP) is 5.38. The third kappa shape index (κ3) is 7.18. The van der Waals surface area contributed by atoms with Crippen LogP contribution in [0.25, 0.3) is 0 Å². The summed E-state index contributed by atoms with van der Waals surface area (Å²) >= 11 is 0. The van der Waals surface area contributed by atoms with E-state index in [1.165, 1.54) is 18.4 Å². The molecule has 0 aromatic carbocycles. The minimum Gasteiger partial charge on any atom is -0.0991 e. The topological polar surface area (TPSA) is 0 Å². The molecular weight excluding hydrogens is 180 g/mol. The molecular formula is C15H28. The fourth-order valence-electron chi connectivity index (χ4n) is 1.58. The third-order valence-corrected chi connectivity index (χ3v) is 2.67. The lowest BCUT2D eigenvalue weighted by molar-refractivity contribution is 0.412. The molecule has 0 fully saturated rings. The minimum atomic E-state index is 0.593. The molecule has 88 valence electrons. The number of hydrogen-bond donors (Lipinski definition) is 0. The van der Waals surface area contributed by atoms with E-state index in [1.807, 2.05) is 26.0 Å². The van der Waals surface area contributed by atoms with Crippen molar-refractivity contribution in [2.75, 3.05) is 0 Å². The van der Waals surface area contributed by atoms with Gasteiger partial charge in [0.15, 0.2) is 0 Å². The van der Waals surface area contributed by atoms with Gasteiger partial charge in [0.1, 0.15) is 0 Å². The predicted molar refractivity (Wildman–Crippen MR) is 73.1 cm³/mol. The Kier molecular flexibility index (Phi) is 12.5. The van der Waals surface area contributed by atoms with Gasteiger partial charge < -0.3 is 0 Å². The van der Waals surface area contributed by atoms with Crippen molar-refractivity contribution < 1.29 is 0 Å². The largest absolute Gasteiger partial charge is 0.0991 e. The molecule has 0 rings (SSSR count). The van der Waals surface area contributed by atoms with E-state index >= 15 is 0 Å². The van der Waals surface area contributed by atoms with Gasteiger partial charge in [0.2, 0.25) is 0 Å². The van der Waals surface area contributed by atoms with Crippen LogP contribution in [-0.2, 0) is 0 Å². The number of hydrogen-bond acceptors (Lipinski definition) is 0. The Labute approximate surface area is 96.8 Å². The van der Waals surface area contributed by atoms with Crippen LogP contribution in [0.4, 0.5) is 0 Å². The first kappa shape index (κ1) is 16.6. The van der Waals surface area contributed by atoms with Crippen molar-refractivity contribution in [3.8, 4) is 0 Å². The maximum absolute atomic E-state index is 3.83. The van der Waals surface area contributed by atoms with E-state index in [0.717, 1.165) is 5.92 Å². The van der Waals surface area contributed by atoms with Crippen LogP contribution in [0.15, 0.2) is 37.0 Å². The van der Waals surface area contributed by atoms with Crippen LogP contribution in [0.5, 0.6) is 0 Å². The van der Waals surface area contributed by atoms with Crippen LogP contribution in [-0.4, -0.2) is 0 Å². The molecule has 0 bridgehead atoms. The molecule has 0 saturated heterocycles. The zero-order valence-electron chi connectivity index (χ0n) is 11.2. The van der Waals surface area contributed by atoms with Gasteiger partial charge >= 0.3 is 0 Å². The van der Waals surface area contributed by atoms with Crippen LogP contribution in [0.2, 0.25) is 0 Å². The Morgan fingerprint density at radius 2 is 1.73 bits per heavy atom. The summed E-state index contributed by atoms with van der Waals surface area (Å²) in [5.41, 5.74) is 1.30. The second-order valence-electron chi connectivity index (χ2n) is 3.66. The van der Waals surface area contributed by atoms with E-state index in [1.54, 1.807) is 0 Å². The summed E-state index contributed by atoms with van der Waals surface area (Å²) in [6.07, 6.45) is 8.38. The van der Waals surface area contributed by atoms with Gasteiger partial charge in [0.05, 0.1) is 0 Å². The fraction of sp³-hybridized carbons (Fsp3) is 0.600. The summed E-state index contributed by atoms with van der Waals surface area (Å²) in [6.45, 7) is 18.3. The third-order valence-electron chi connectivity index (χ3n) is 2.67. The SMILES string of the molecule is C=C/C=C(\C=C)C(C)C(C)CCC.CC. The average molecular weight is 208 g/mol. The van der Waals surface area contributed by atoms with Crippen LogP contribution in [0.3, 0.4) is 0 Å². The standard InChI is InChI=1S/C13H22.C2H6/c1-6-9-11(4)12(5)13(8-3)10-7-2;1-2/h7-8,10-12H,2-3,6,9H2,1,4-5H3;1-2H3/b13-10+;. The lowest BCUT2D eigenvalue weighted by Gasteiger charge is -2.20. The second-order valence-corrected chi connectivity index (χ2v) is 3.66. The maximum Gasteiger partial charge on any atom is -0.0165 e. The molecule has 0 aromatic heterocycles. The van der Waals surface area contributed by atoms with E-state index in [9.17, 15) is 0 Å². The minimum absolute atomic E-state index is 0.593. The van der Waals surface area contributed by atoms with Crippen LogP contribution >= 0.6 is 0 Å². The van der Waals surface area contributed by atoms with Gasteiger partial charge in [-0.25, -0.2) is 0 Å². The normalized spacial score (nSPS) is 14.6. The van der Waals surface area contributed by atoms with Crippen molar-refractivity contribution in [3.05, 3.63) is 37.0 Å². The van der Waals surface area contributed by atoms with E-state index in [2.05, 4.69) is 40.0 Å². The van der Waals surface area contributed by atoms with Crippen LogP contribution < -0.4 is 0 Å². The lowest BCUT2D eigenvalue weighted by Crippen LogP contribution is -2.09. The summed E-state index contributed by atoms with van der Waals surface area (Å²) in [6, 6.07) is 0. The monoisotopic (exact) mass is 208 g/mol. The molecule has 0 aliphatic carbocycles. The Morgan fingerprint density at radius 1 is 1.20 bits per heavy atom. The zero-order valence-corrected chi connectivity index (χ0v) is 11.2. The molecule has 0 N–H and O–H groups in total. The van der Waals surface area contributed by atoms with Gasteiger partial charge in [0, 0.05) is 0 Å². The average Bonchev–Trinajstić information content (AvgIpc) is 2.28. The molecule has 0 radical (unpaired) electrons. The van der Waals surface area contributed by atoms with Crippen molar-refractivity contribution in [2.24, 2.45) is 11.8 Å². The Bertz CT molecular complexity index is 186. The summed E-state index contributed by atoms with van der Waals surface area (Å²) < 4.78 is 0. The van der Waals surface area contributed by atoms with Gasteiger partial charge in [-0.1, -0.05) is 78.8 Å². The van der Waals surface area contributed by atoms with Gasteiger partial charge in [0.25, 0.3) is 0 Å². The number of allylic oxidation sites excluding steroid dienone is 4. The van der Waals surface area contributed by atoms with E-state index in [4.69, 9.17) is 0 Å². The van der Waals surface area contributed by atoms with Crippen LogP contribution in [0, 0.1) is 11.8 Å².